The van der Waals surface area contributed by atoms with Crippen molar-refractivity contribution in [3.8, 4) is 0 Å². The lowest BCUT2D eigenvalue weighted by atomic mass is 10.1. The Morgan fingerprint density at radius 2 is 2.20 bits per heavy atom. The second kappa shape index (κ2) is 4.01. The van der Waals surface area contributed by atoms with Gasteiger partial charge in [-0.1, -0.05) is 6.08 Å². The topological polar surface area (TPSA) is 30.2 Å². The first-order valence-corrected chi connectivity index (χ1v) is 5.42. The molecule has 0 amide bonds. The molecule has 0 spiro atoms. The minimum Gasteiger partial charge on any atom is -0.293 e. The predicted octanol–water partition coefficient (Wildman–Crippen LogP) is 2.63. The van der Waals surface area contributed by atoms with Crippen LogP contribution < -0.4 is 0 Å². The van der Waals surface area contributed by atoms with Crippen molar-refractivity contribution >= 4 is 11.8 Å². The van der Waals surface area contributed by atoms with Gasteiger partial charge in [0.15, 0.2) is 0 Å². The summed E-state index contributed by atoms with van der Waals surface area (Å²) >= 11 is 0. The van der Waals surface area contributed by atoms with Gasteiger partial charge in [0.25, 0.3) is 0 Å². The molecule has 0 aromatic carbocycles. The Hall–Kier alpha value is -1.38. The van der Waals surface area contributed by atoms with Gasteiger partial charge in [-0.25, -0.2) is 0 Å². The molecule has 2 rings (SSSR count). The Bertz CT molecular complexity index is 411. The van der Waals surface area contributed by atoms with E-state index >= 15 is 0 Å². The van der Waals surface area contributed by atoms with Crippen LogP contribution in [0.3, 0.4) is 0 Å². The zero-order valence-corrected chi connectivity index (χ0v) is 9.57. The molecule has 80 valence electrons. The van der Waals surface area contributed by atoms with E-state index < -0.39 is 0 Å². The highest BCUT2D eigenvalue weighted by molar-refractivity contribution is 5.80. The molecule has 1 aromatic heterocycles. The number of nitrogens with zero attached hydrogens (tertiary/aromatic N) is 3. The second-order valence-corrected chi connectivity index (χ2v) is 4.19. The summed E-state index contributed by atoms with van der Waals surface area (Å²) in [6.45, 7) is 7.21. The predicted molar refractivity (Wildman–Crippen MR) is 63.3 cm³/mol. The highest BCUT2D eigenvalue weighted by atomic mass is 15.3. The van der Waals surface area contributed by atoms with E-state index in [0.717, 1.165) is 18.7 Å². The Kier molecular flexibility index (Phi) is 2.71. The van der Waals surface area contributed by atoms with Crippen LogP contribution in [0, 0.1) is 6.92 Å². The van der Waals surface area contributed by atoms with Crippen LogP contribution in [0.1, 0.15) is 37.7 Å². The van der Waals surface area contributed by atoms with Crippen molar-refractivity contribution in [2.24, 2.45) is 4.99 Å². The number of aromatic nitrogens is 2. The Labute approximate surface area is 90.5 Å². The number of aliphatic imine (C=N–C) groups is 1. The number of allylic oxidation sites excluding steroid dienone is 1. The molecule has 0 radical (unpaired) electrons. The maximum Gasteiger partial charge on any atom is 0.0886 e. The summed E-state index contributed by atoms with van der Waals surface area (Å²) < 4.78 is 2.07. The Balaban J connectivity index is 2.30. The standard InChI is InChI=1S/C12H17N3/c1-9(2)15-10(3)8-12(14-15)11-4-6-13-7-5-11/h4,7-9H,5-6H2,1-3H3. The summed E-state index contributed by atoms with van der Waals surface area (Å²) in [5.41, 5.74) is 3.63. The zero-order chi connectivity index (χ0) is 10.8. The zero-order valence-electron chi connectivity index (χ0n) is 9.57. The van der Waals surface area contributed by atoms with Gasteiger partial charge in [0.1, 0.15) is 0 Å². The summed E-state index contributed by atoms with van der Waals surface area (Å²) in [4.78, 5) is 4.18. The van der Waals surface area contributed by atoms with Gasteiger partial charge in [-0.3, -0.25) is 9.67 Å². The molecule has 0 saturated carbocycles. The molecule has 2 heterocycles. The lowest BCUT2D eigenvalue weighted by Crippen LogP contribution is -2.05. The van der Waals surface area contributed by atoms with Crippen molar-refractivity contribution in [3.63, 3.8) is 0 Å². The minimum atomic E-state index is 0.427. The van der Waals surface area contributed by atoms with Crippen LogP contribution in [0.2, 0.25) is 0 Å². The number of aryl methyl sites for hydroxylation is 1. The number of rotatable bonds is 2. The van der Waals surface area contributed by atoms with Crippen molar-refractivity contribution in [3.05, 3.63) is 23.5 Å². The molecule has 1 aromatic rings. The van der Waals surface area contributed by atoms with Crippen LogP contribution in [-0.2, 0) is 0 Å². The second-order valence-electron chi connectivity index (χ2n) is 4.19. The van der Waals surface area contributed by atoms with Crippen LogP contribution in [0.15, 0.2) is 17.1 Å². The first-order chi connectivity index (χ1) is 7.18. The van der Waals surface area contributed by atoms with Crippen LogP contribution in [0.25, 0.3) is 5.57 Å². The largest absolute Gasteiger partial charge is 0.293 e. The average Bonchev–Trinajstić information content (AvgIpc) is 2.62. The fourth-order valence-electron chi connectivity index (χ4n) is 1.86. The van der Waals surface area contributed by atoms with Crippen LogP contribution in [-0.4, -0.2) is 22.5 Å². The van der Waals surface area contributed by atoms with Crippen LogP contribution in [0.5, 0.6) is 0 Å². The third kappa shape index (κ3) is 2.01. The van der Waals surface area contributed by atoms with Gasteiger partial charge in [-0.2, -0.15) is 5.10 Å². The van der Waals surface area contributed by atoms with Gasteiger partial charge < -0.3 is 0 Å². The smallest absolute Gasteiger partial charge is 0.0886 e. The van der Waals surface area contributed by atoms with Gasteiger partial charge in [0.05, 0.1) is 12.2 Å². The summed E-state index contributed by atoms with van der Waals surface area (Å²) in [5.74, 6) is 0. The quantitative estimate of drug-likeness (QED) is 0.726. The Morgan fingerprint density at radius 3 is 2.73 bits per heavy atom. The molecule has 1 aliphatic rings. The van der Waals surface area contributed by atoms with Gasteiger partial charge in [-0.05, 0) is 32.4 Å². The van der Waals surface area contributed by atoms with Crippen LogP contribution in [0.4, 0.5) is 0 Å². The van der Waals surface area contributed by atoms with Crippen molar-refractivity contribution in [2.45, 2.75) is 33.2 Å². The van der Waals surface area contributed by atoms with E-state index in [1.165, 1.54) is 11.3 Å². The van der Waals surface area contributed by atoms with Crippen molar-refractivity contribution < 1.29 is 0 Å². The monoisotopic (exact) mass is 203 g/mol. The maximum absolute atomic E-state index is 4.62. The SMILES string of the molecule is Cc1cc(C2=CCN=CC2)nn1C(C)C. The maximum atomic E-state index is 4.62. The van der Waals surface area contributed by atoms with E-state index in [-0.39, 0.29) is 0 Å². The molecule has 0 bridgehead atoms. The van der Waals surface area contributed by atoms with E-state index in [9.17, 15) is 0 Å². The van der Waals surface area contributed by atoms with E-state index in [1.807, 2.05) is 6.21 Å². The van der Waals surface area contributed by atoms with Crippen molar-refractivity contribution in [1.82, 2.24) is 9.78 Å². The van der Waals surface area contributed by atoms with Crippen molar-refractivity contribution in [1.29, 1.82) is 0 Å². The number of hydrogen-bond acceptors (Lipinski definition) is 2. The molecule has 3 nitrogen and oxygen atoms in total. The van der Waals surface area contributed by atoms with E-state index in [1.54, 1.807) is 0 Å². The van der Waals surface area contributed by atoms with Crippen molar-refractivity contribution in [2.75, 3.05) is 6.54 Å². The molecule has 1 aliphatic heterocycles. The third-order valence-electron chi connectivity index (χ3n) is 2.62. The first kappa shape index (κ1) is 10.1. The van der Waals surface area contributed by atoms with Gasteiger partial charge in [0.2, 0.25) is 0 Å². The third-order valence-corrected chi connectivity index (χ3v) is 2.62. The molecular weight excluding hydrogens is 186 g/mol. The highest BCUT2D eigenvalue weighted by Crippen LogP contribution is 2.20. The summed E-state index contributed by atoms with van der Waals surface area (Å²) in [6, 6.07) is 2.59. The van der Waals surface area contributed by atoms with E-state index in [2.05, 4.69) is 47.7 Å². The van der Waals surface area contributed by atoms with Crippen LogP contribution >= 0.6 is 0 Å². The normalized spacial score (nSPS) is 15.9. The molecule has 0 unspecified atom stereocenters. The average molecular weight is 203 g/mol. The molecule has 0 aliphatic carbocycles. The lowest BCUT2D eigenvalue weighted by molar-refractivity contribution is 0.518. The van der Waals surface area contributed by atoms with E-state index in [4.69, 9.17) is 0 Å². The summed E-state index contributed by atoms with van der Waals surface area (Å²) in [7, 11) is 0. The molecule has 0 atom stereocenters. The summed E-state index contributed by atoms with van der Waals surface area (Å²) in [6.07, 6.45) is 5.04. The highest BCUT2D eigenvalue weighted by Gasteiger charge is 2.11. The molecule has 0 saturated heterocycles. The van der Waals surface area contributed by atoms with E-state index in [0.29, 0.717) is 6.04 Å². The number of hydrogen-bond donors (Lipinski definition) is 0. The minimum absolute atomic E-state index is 0.427. The molecule has 0 N–H and O–H groups in total. The van der Waals surface area contributed by atoms with Gasteiger partial charge >= 0.3 is 0 Å². The number of dihydropyridines is 1. The fraction of sp³-hybridized carbons (Fsp3) is 0.500. The lowest BCUT2D eigenvalue weighted by Gasteiger charge is -2.08. The summed E-state index contributed by atoms with van der Waals surface area (Å²) in [5, 5.41) is 4.62. The Morgan fingerprint density at radius 1 is 1.40 bits per heavy atom. The molecule has 0 fully saturated rings. The molecule has 15 heavy (non-hydrogen) atoms. The van der Waals surface area contributed by atoms with Gasteiger partial charge in [-0.15, -0.1) is 0 Å². The molecule has 3 heteroatoms. The fourth-order valence-corrected chi connectivity index (χ4v) is 1.86. The van der Waals surface area contributed by atoms with Gasteiger partial charge in [0, 0.05) is 24.4 Å². The molecular formula is C12H17N3. The first-order valence-electron chi connectivity index (χ1n) is 5.42.